The molecule has 1 heterocycles. The molecule has 0 bridgehead atoms. The standard InChI is InChI=1S/C16H26N2O3S/c1-3-21-13-16-9-5-4-8-15(16)11-17-22(19,20)18-10-6-7-14(2)12-18/h4-5,8-9,14,17H,3,6-7,10-13H2,1-2H3/t14-/m1/s1. The number of hydrogen-bond acceptors (Lipinski definition) is 3. The summed E-state index contributed by atoms with van der Waals surface area (Å²) >= 11 is 0. The predicted octanol–water partition coefficient (Wildman–Crippen LogP) is 2.29. The van der Waals surface area contributed by atoms with Crippen molar-refractivity contribution in [2.75, 3.05) is 19.7 Å². The quantitative estimate of drug-likeness (QED) is 0.836. The Morgan fingerprint density at radius 1 is 1.32 bits per heavy atom. The van der Waals surface area contributed by atoms with Gasteiger partial charge in [-0.05, 0) is 36.8 Å². The van der Waals surface area contributed by atoms with Gasteiger partial charge in [0.05, 0.1) is 6.61 Å². The molecule has 1 aliphatic heterocycles. The van der Waals surface area contributed by atoms with Crippen molar-refractivity contribution in [3.05, 3.63) is 35.4 Å². The molecule has 124 valence electrons. The molecule has 0 aromatic heterocycles. The van der Waals surface area contributed by atoms with Gasteiger partial charge in [-0.25, -0.2) is 0 Å². The second kappa shape index (κ2) is 8.06. The van der Waals surface area contributed by atoms with Crippen LogP contribution in [0.1, 0.15) is 37.8 Å². The van der Waals surface area contributed by atoms with Gasteiger partial charge in [0.25, 0.3) is 10.2 Å². The van der Waals surface area contributed by atoms with E-state index < -0.39 is 10.2 Å². The van der Waals surface area contributed by atoms with E-state index in [9.17, 15) is 8.42 Å². The van der Waals surface area contributed by atoms with E-state index in [1.165, 1.54) is 0 Å². The molecule has 1 fully saturated rings. The molecule has 2 rings (SSSR count). The average Bonchev–Trinajstić information content (AvgIpc) is 2.52. The van der Waals surface area contributed by atoms with Crippen LogP contribution in [0.2, 0.25) is 0 Å². The van der Waals surface area contributed by atoms with E-state index in [2.05, 4.69) is 11.6 Å². The van der Waals surface area contributed by atoms with Gasteiger partial charge in [-0.3, -0.25) is 0 Å². The number of nitrogens with zero attached hydrogens (tertiary/aromatic N) is 1. The molecule has 0 unspecified atom stereocenters. The summed E-state index contributed by atoms with van der Waals surface area (Å²) < 4.78 is 34.5. The van der Waals surface area contributed by atoms with Crippen molar-refractivity contribution < 1.29 is 13.2 Å². The van der Waals surface area contributed by atoms with Crippen molar-refractivity contribution in [3.8, 4) is 0 Å². The number of benzene rings is 1. The molecule has 0 spiro atoms. The minimum absolute atomic E-state index is 0.302. The third-order valence-electron chi connectivity index (χ3n) is 3.98. The van der Waals surface area contributed by atoms with Crippen molar-refractivity contribution in [1.29, 1.82) is 0 Å². The van der Waals surface area contributed by atoms with Crippen molar-refractivity contribution >= 4 is 10.2 Å². The fourth-order valence-corrected chi connectivity index (χ4v) is 4.05. The monoisotopic (exact) mass is 326 g/mol. The van der Waals surface area contributed by atoms with Gasteiger partial charge in [0.15, 0.2) is 0 Å². The van der Waals surface area contributed by atoms with Crippen LogP contribution in [0.3, 0.4) is 0 Å². The fourth-order valence-electron chi connectivity index (χ4n) is 2.71. The highest BCUT2D eigenvalue weighted by Gasteiger charge is 2.26. The first-order chi connectivity index (χ1) is 10.5. The molecule has 0 aliphatic carbocycles. The maximum Gasteiger partial charge on any atom is 0.279 e. The molecule has 1 atom stereocenters. The van der Waals surface area contributed by atoms with Crippen LogP contribution in [-0.4, -0.2) is 32.4 Å². The van der Waals surface area contributed by atoms with E-state index in [1.54, 1.807) is 4.31 Å². The highest BCUT2D eigenvalue weighted by molar-refractivity contribution is 7.87. The lowest BCUT2D eigenvalue weighted by Gasteiger charge is -2.30. The number of ether oxygens (including phenoxy) is 1. The van der Waals surface area contributed by atoms with Gasteiger partial charge < -0.3 is 4.74 Å². The maximum atomic E-state index is 12.4. The van der Waals surface area contributed by atoms with Gasteiger partial charge >= 0.3 is 0 Å². The Bertz CT molecular complexity index is 575. The predicted molar refractivity (Wildman–Crippen MR) is 87.5 cm³/mol. The number of hydrogen-bond donors (Lipinski definition) is 1. The number of nitrogens with one attached hydrogen (secondary N) is 1. The van der Waals surface area contributed by atoms with Gasteiger partial charge in [0, 0.05) is 26.2 Å². The highest BCUT2D eigenvalue weighted by Crippen LogP contribution is 2.18. The lowest BCUT2D eigenvalue weighted by molar-refractivity contribution is 0.133. The Kier molecular flexibility index (Phi) is 6.37. The Hall–Kier alpha value is -0.950. The smallest absolute Gasteiger partial charge is 0.279 e. The minimum Gasteiger partial charge on any atom is -0.377 e. The lowest BCUT2D eigenvalue weighted by atomic mass is 10.0. The molecule has 1 N–H and O–H groups in total. The Morgan fingerprint density at radius 2 is 2.05 bits per heavy atom. The number of rotatable bonds is 7. The molecular weight excluding hydrogens is 300 g/mol. The summed E-state index contributed by atoms with van der Waals surface area (Å²) in [5.74, 6) is 0.426. The molecule has 0 amide bonds. The molecule has 1 aromatic carbocycles. The summed E-state index contributed by atoms with van der Waals surface area (Å²) in [4.78, 5) is 0. The first kappa shape index (κ1) is 17.4. The molecule has 0 radical (unpaired) electrons. The van der Waals surface area contributed by atoms with Crippen LogP contribution < -0.4 is 4.72 Å². The van der Waals surface area contributed by atoms with E-state index in [0.717, 1.165) is 24.0 Å². The van der Waals surface area contributed by atoms with Gasteiger partial charge in [-0.15, -0.1) is 0 Å². The zero-order valence-electron chi connectivity index (χ0n) is 13.4. The molecule has 1 aromatic rings. The second-order valence-corrected chi connectivity index (χ2v) is 7.59. The van der Waals surface area contributed by atoms with Crippen LogP contribution in [-0.2, 0) is 28.1 Å². The SMILES string of the molecule is CCOCc1ccccc1CNS(=O)(=O)N1CCC[C@@H](C)C1. The molecule has 6 heteroatoms. The van der Waals surface area contributed by atoms with Crippen molar-refractivity contribution in [2.24, 2.45) is 5.92 Å². The third kappa shape index (κ3) is 4.78. The first-order valence-corrected chi connectivity index (χ1v) is 9.36. The summed E-state index contributed by atoms with van der Waals surface area (Å²) in [7, 11) is -3.41. The first-order valence-electron chi connectivity index (χ1n) is 7.92. The Morgan fingerprint density at radius 3 is 2.73 bits per heavy atom. The van der Waals surface area contributed by atoms with Crippen LogP contribution in [0, 0.1) is 5.92 Å². The number of piperidine rings is 1. The van der Waals surface area contributed by atoms with Crippen molar-refractivity contribution in [3.63, 3.8) is 0 Å². The maximum absolute atomic E-state index is 12.4. The van der Waals surface area contributed by atoms with Crippen LogP contribution >= 0.6 is 0 Å². The Balaban J connectivity index is 1.99. The second-order valence-electron chi connectivity index (χ2n) is 5.84. The van der Waals surface area contributed by atoms with Crippen LogP contribution in [0.4, 0.5) is 0 Å². The van der Waals surface area contributed by atoms with E-state index in [-0.39, 0.29) is 0 Å². The largest absolute Gasteiger partial charge is 0.377 e. The normalized spacial score (nSPS) is 20.2. The molecule has 5 nitrogen and oxygen atoms in total. The summed E-state index contributed by atoms with van der Waals surface area (Å²) in [6, 6.07) is 7.78. The molecular formula is C16H26N2O3S. The van der Waals surface area contributed by atoms with Crippen LogP contribution in [0.25, 0.3) is 0 Å². The van der Waals surface area contributed by atoms with Gasteiger partial charge in [0.1, 0.15) is 0 Å². The van der Waals surface area contributed by atoms with Crippen molar-refractivity contribution in [1.82, 2.24) is 9.03 Å². The van der Waals surface area contributed by atoms with Crippen LogP contribution in [0.5, 0.6) is 0 Å². The summed E-state index contributed by atoms with van der Waals surface area (Å²) in [6.45, 7) is 6.72. The lowest BCUT2D eigenvalue weighted by Crippen LogP contribution is -2.45. The topological polar surface area (TPSA) is 58.6 Å². The van der Waals surface area contributed by atoms with Gasteiger partial charge in [-0.1, -0.05) is 31.2 Å². The fraction of sp³-hybridized carbons (Fsp3) is 0.625. The summed E-state index contributed by atoms with van der Waals surface area (Å²) in [5, 5.41) is 0. The van der Waals surface area contributed by atoms with Gasteiger partial charge in [0.2, 0.25) is 0 Å². The average molecular weight is 326 g/mol. The third-order valence-corrected chi connectivity index (χ3v) is 5.51. The van der Waals surface area contributed by atoms with Gasteiger partial charge in [-0.2, -0.15) is 17.4 Å². The van der Waals surface area contributed by atoms with E-state index >= 15 is 0 Å². The van der Waals surface area contributed by atoms with E-state index in [0.29, 0.717) is 38.8 Å². The zero-order valence-corrected chi connectivity index (χ0v) is 14.2. The zero-order chi connectivity index (χ0) is 16.0. The molecule has 22 heavy (non-hydrogen) atoms. The molecule has 1 saturated heterocycles. The van der Waals surface area contributed by atoms with Crippen molar-refractivity contribution in [2.45, 2.75) is 39.8 Å². The highest BCUT2D eigenvalue weighted by atomic mass is 32.2. The Labute approximate surface area is 133 Å². The summed E-state index contributed by atoms with van der Waals surface area (Å²) in [6.07, 6.45) is 2.03. The van der Waals surface area contributed by atoms with Crippen LogP contribution in [0.15, 0.2) is 24.3 Å². The molecule has 1 aliphatic rings. The summed E-state index contributed by atoms with van der Waals surface area (Å²) in [5.41, 5.74) is 1.99. The molecule has 0 saturated carbocycles. The van der Waals surface area contributed by atoms with E-state index in [1.807, 2.05) is 31.2 Å². The van der Waals surface area contributed by atoms with E-state index in [4.69, 9.17) is 4.74 Å². The minimum atomic E-state index is -3.41.